The van der Waals surface area contributed by atoms with Gasteiger partial charge in [0.1, 0.15) is 5.92 Å². The summed E-state index contributed by atoms with van der Waals surface area (Å²) in [7, 11) is 1.40. The average molecular weight is 346 g/mol. The van der Waals surface area contributed by atoms with Gasteiger partial charge in [0, 0.05) is 11.1 Å². The number of esters is 1. The lowest BCUT2D eigenvalue weighted by atomic mass is 9.97. The first-order valence-corrected chi connectivity index (χ1v) is 8.74. The van der Waals surface area contributed by atoms with Gasteiger partial charge in [-0.3, -0.25) is 4.79 Å². The molecular formula is C22H20NO3+. The van der Waals surface area contributed by atoms with Crippen molar-refractivity contribution in [1.82, 2.24) is 0 Å². The van der Waals surface area contributed by atoms with Crippen LogP contribution in [0.5, 0.6) is 0 Å². The molecule has 26 heavy (non-hydrogen) atoms. The molecule has 130 valence electrons. The van der Waals surface area contributed by atoms with Gasteiger partial charge in [0.05, 0.1) is 13.0 Å². The molecule has 0 radical (unpaired) electrons. The summed E-state index contributed by atoms with van der Waals surface area (Å²) in [5, 5.41) is 0. The second-order valence-corrected chi connectivity index (χ2v) is 6.68. The molecule has 0 N–H and O–H groups in total. The van der Waals surface area contributed by atoms with Gasteiger partial charge in [-0.05, 0) is 5.56 Å². The highest BCUT2D eigenvalue weighted by atomic mass is 16.5. The molecule has 0 amide bonds. The summed E-state index contributed by atoms with van der Waals surface area (Å²) < 4.78 is 6.97. The number of ketones is 1. The Morgan fingerprint density at radius 1 is 1.08 bits per heavy atom. The molecule has 2 aromatic carbocycles. The average Bonchev–Trinajstić information content (AvgIpc) is 3.23. The van der Waals surface area contributed by atoms with Crippen LogP contribution in [0.2, 0.25) is 0 Å². The fourth-order valence-corrected chi connectivity index (χ4v) is 3.89. The number of Topliss-reactive ketones (excluding diaryl/α,β-unsaturated/α-hetero) is 1. The van der Waals surface area contributed by atoms with E-state index in [1.165, 1.54) is 7.11 Å². The van der Waals surface area contributed by atoms with Gasteiger partial charge < -0.3 is 4.74 Å². The zero-order valence-corrected chi connectivity index (χ0v) is 14.5. The van der Waals surface area contributed by atoms with Crippen molar-refractivity contribution in [2.45, 2.75) is 6.04 Å². The Bertz CT molecular complexity index is 899. The van der Waals surface area contributed by atoms with Gasteiger partial charge in [-0.1, -0.05) is 66.7 Å². The minimum atomic E-state index is -0.520. The zero-order chi connectivity index (χ0) is 18.1. The molecule has 0 saturated carbocycles. The predicted octanol–water partition coefficient (Wildman–Crippen LogP) is 2.90. The highest BCUT2D eigenvalue weighted by molar-refractivity contribution is 6.28. The standard InChI is InChI=1S/C22H20NO3/c1-26-22(25)20(16-10-6-3-7-11-16)23-13-17-12-18(21(24)19(17)14-23)15-8-4-2-5-9-15/h2-12,14,17,19-20H,13H2,1H3/q+1/t17-,19+,20-/m0/s1. The number of ether oxygens (including phenoxy) is 1. The summed E-state index contributed by atoms with van der Waals surface area (Å²) in [6.45, 7) is 0.626. The molecule has 4 heteroatoms. The van der Waals surface area contributed by atoms with Gasteiger partial charge >= 0.3 is 5.97 Å². The van der Waals surface area contributed by atoms with E-state index in [2.05, 4.69) is 6.08 Å². The third-order valence-electron chi connectivity index (χ3n) is 5.14. The van der Waals surface area contributed by atoms with E-state index in [4.69, 9.17) is 4.74 Å². The van der Waals surface area contributed by atoms with E-state index in [9.17, 15) is 9.59 Å². The molecule has 2 aliphatic rings. The van der Waals surface area contributed by atoms with Crippen LogP contribution < -0.4 is 0 Å². The van der Waals surface area contributed by atoms with E-state index in [-0.39, 0.29) is 23.6 Å². The van der Waals surface area contributed by atoms with Crippen molar-refractivity contribution in [3.8, 4) is 0 Å². The lowest BCUT2D eigenvalue weighted by Crippen LogP contribution is -2.27. The molecule has 0 bridgehead atoms. The number of rotatable bonds is 4. The number of methoxy groups -OCH3 is 1. The largest absolute Gasteiger partial charge is 0.464 e. The molecule has 3 atom stereocenters. The smallest absolute Gasteiger partial charge is 0.380 e. The first kappa shape index (κ1) is 16.5. The highest BCUT2D eigenvalue weighted by Crippen LogP contribution is 2.37. The van der Waals surface area contributed by atoms with E-state index in [1.54, 1.807) is 0 Å². The number of hydrogen-bond acceptors (Lipinski definition) is 3. The Hall–Kier alpha value is -3.01. The van der Waals surface area contributed by atoms with Crippen LogP contribution in [0.4, 0.5) is 0 Å². The topological polar surface area (TPSA) is 46.4 Å². The van der Waals surface area contributed by atoms with Crippen LogP contribution in [0.25, 0.3) is 5.57 Å². The van der Waals surface area contributed by atoms with Crippen molar-refractivity contribution in [2.75, 3.05) is 13.7 Å². The Morgan fingerprint density at radius 2 is 1.73 bits per heavy atom. The van der Waals surface area contributed by atoms with Gasteiger partial charge in [-0.25, -0.2) is 9.37 Å². The van der Waals surface area contributed by atoms with Crippen molar-refractivity contribution in [2.24, 2.45) is 11.8 Å². The summed E-state index contributed by atoms with van der Waals surface area (Å²) in [5.41, 5.74) is 2.61. The minimum Gasteiger partial charge on any atom is -0.464 e. The number of carbonyl (C=O) groups excluding carboxylic acids is 2. The van der Waals surface area contributed by atoms with Crippen LogP contribution >= 0.6 is 0 Å². The number of benzene rings is 2. The lowest BCUT2D eigenvalue weighted by molar-refractivity contribution is -0.552. The molecule has 2 aromatic rings. The fourth-order valence-electron chi connectivity index (χ4n) is 3.89. The van der Waals surface area contributed by atoms with E-state index in [0.29, 0.717) is 6.54 Å². The SMILES string of the molecule is COC(=O)[C@H](c1ccccc1)[N+]1=C[C@H]2C(=O)C(c3ccccc3)=C[C@H]2C1. The quantitative estimate of drug-likeness (QED) is 0.632. The van der Waals surface area contributed by atoms with Crippen molar-refractivity contribution >= 4 is 23.5 Å². The highest BCUT2D eigenvalue weighted by Gasteiger charge is 2.47. The number of allylic oxidation sites excluding steroid dienone is 1. The molecule has 0 saturated heterocycles. The summed E-state index contributed by atoms with van der Waals surface area (Å²) in [6, 6.07) is 18.8. The minimum absolute atomic E-state index is 0.0913. The Balaban J connectivity index is 1.63. The van der Waals surface area contributed by atoms with Gasteiger partial charge in [0.2, 0.25) is 0 Å². The van der Waals surface area contributed by atoms with E-state index < -0.39 is 6.04 Å². The number of hydrogen-bond donors (Lipinski definition) is 0. The molecule has 4 rings (SSSR count). The number of nitrogens with zero attached hydrogens (tertiary/aromatic N) is 1. The Labute approximate surface area is 152 Å². The van der Waals surface area contributed by atoms with E-state index >= 15 is 0 Å². The van der Waals surface area contributed by atoms with Crippen LogP contribution in [-0.4, -0.2) is 36.2 Å². The van der Waals surface area contributed by atoms with Gasteiger partial charge in [0.15, 0.2) is 18.5 Å². The van der Waals surface area contributed by atoms with Gasteiger partial charge in [-0.15, -0.1) is 0 Å². The molecule has 1 aliphatic carbocycles. The third-order valence-corrected chi connectivity index (χ3v) is 5.14. The molecule has 0 aromatic heterocycles. The summed E-state index contributed by atoms with van der Waals surface area (Å²) in [4.78, 5) is 25.3. The fraction of sp³-hybridized carbons (Fsp3) is 0.227. The maximum absolute atomic E-state index is 12.9. The van der Waals surface area contributed by atoms with Gasteiger partial charge in [0.25, 0.3) is 6.04 Å². The van der Waals surface area contributed by atoms with E-state index in [1.807, 2.05) is 71.5 Å². The first-order chi connectivity index (χ1) is 12.7. The second-order valence-electron chi connectivity index (χ2n) is 6.68. The predicted molar refractivity (Wildman–Crippen MR) is 98.8 cm³/mol. The lowest BCUT2D eigenvalue weighted by Gasteiger charge is -2.12. The van der Waals surface area contributed by atoms with Crippen LogP contribution in [0, 0.1) is 11.8 Å². The molecule has 0 spiro atoms. The number of carbonyl (C=O) groups is 2. The van der Waals surface area contributed by atoms with Crippen molar-refractivity contribution in [3.63, 3.8) is 0 Å². The summed E-state index contributed by atoms with van der Waals surface area (Å²) in [5.74, 6) is -0.304. The van der Waals surface area contributed by atoms with Crippen LogP contribution in [-0.2, 0) is 14.3 Å². The molecule has 0 unspecified atom stereocenters. The van der Waals surface area contributed by atoms with Crippen LogP contribution in [0.3, 0.4) is 0 Å². The van der Waals surface area contributed by atoms with Gasteiger partial charge in [-0.2, -0.15) is 0 Å². The van der Waals surface area contributed by atoms with Crippen molar-refractivity contribution in [1.29, 1.82) is 0 Å². The molecule has 4 nitrogen and oxygen atoms in total. The normalized spacial score (nSPS) is 22.4. The summed E-state index contributed by atoms with van der Waals surface area (Å²) in [6.07, 6.45) is 3.96. The first-order valence-electron chi connectivity index (χ1n) is 8.74. The van der Waals surface area contributed by atoms with Crippen LogP contribution in [0.15, 0.2) is 66.7 Å². The Morgan fingerprint density at radius 3 is 2.35 bits per heavy atom. The van der Waals surface area contributed by atoms with E-state index in [0.717, 1.165) is 16.7 Å². The maximum Gasteiger partial charge on any atom is 0.380 e. The Kier molecular flexibility index (Phi) is 4.25. The van der Waals surface area contributed by atoms with Crippen LogP contribution in [0.1, 0.15) is 17.2 Å². The third kappa shape index (κ3) is 2.77. The summed E-state index contributed by atoms with van der Waals surface area (Å²) >= 11 is 0. The van der Waals surface area contributed by atoms with Crippen molar-refractivity contribution < 1.29 is 18.9 Å². The molecule has 0 fully saturated rings. The van der Waals surface area contributed by atoms with Crippen molar-refractivity contribution in [3.05, 3.63) is 77.9 Å². The zero-order valence-electron chi connectivity index (χ0n) is 14.5. The molecule has 1 aliphatic heterocycles. The molecule has 1 heterocycles. The maximum atomic E-state index is 12.9. The second kappa shape index (κ2) is 6.71. The molecular weight excluding hydrogens is 326 g/mol. The monoisotopic (exact) mass is 346 g/mol. The number of fused-ring (bicyclic) bond motifs is 1.